The molecule has 1 N–H and O–H groups in total. The van der Waals surface area contributed by atoms with Crippen molar-refractivity contribution in [2.75, 3.05) is 0 Å². The summed E-state index contributed by atoms with van der Waals surface area (Å²) in [7, 11) is 0. The van der Waals surface area contributed by atoms with Crippen LogP contribution in [0.25, 0.3) is 0 Å². The molecule has 1 amide bonds. The van der Waals surface area contributed by atoms with Gasteiger partial charge in [-0.25, -0.2) is 4.39 Å². The quantitative estimate of drug-likeness (QED) is 0.745. The zero-order valence-electron chi connectivity index (χ0n) is 14.6. The summed E-state index contributed by atoms with van der Waals surface area (Å²) in [4.78, 5) is 25.0. The number of nitrogens with zero attached hydrogens (tertiary/aromatic N) is 1. The summed E-state index contributed by atoms with van der Waals surface area (Å²) in [6, 6.07) is 13.9. The van der Waals surface area contributed by atoms with Crippen LogP contribution in [0.15, 0.2) is 53.3 Å². The van der Waals surface area contributed by atoms with E-state index in [-0.39, 0.29) is 16.6 Å². The van der Waals surface area contributed by atoms with Gasteiger partial charge in [-0.05, 0) is 37.1 Å². The topological polar surface area (TPSA) is 51.1 Å². The Bertz CT molecular complexity index is 990. The number of carbonyl (C=O) groups is 1. The van der Waals surface area contributed by atoms with Crippen molar-refractivity contribution >= 4 is 17.2 Å². The molecule has 0 spiro atoms. The van der Waals surface area contributed by atoms with Crippen LogP contribution in [0.4, 0.5) is 4.39 Å². The zero-order valence-corrected chi connectivity index (χ0v) is 15.4. The molecule has 0 aliphatic rings. The highest BCUT2D eigenvalue weighted by Crippen LogP contribution is 2.14. The predicted molar refractivity (Wildman–Crippen MR) is 101 cm³/mol. The van der Waals surface area contributed by atoms with Gasteiger partial charge in [-0.15, -0.1) is 0 Å². The van der Waals surface area contributed by atoms with Gasteiger partial charge in [0.1, 0.15) is 10.7 Å². The number of hydrogen-bond acceptors (Lipinski definition) is 3. The number of hydrogen-bond donors (Lipinski definition) is 1. The largest absolute Gasteiger partial charge is 0.347 e. The minimum absolute atomic E-state index is 0.201. The highest BCUT2D eigenvalue weighted by Gasteiger charge is 2.17. The summed E-state index contributed by atoms with van der Waals surface area (Å²) in [6.07, 6.45) is 0. The number of halogens is 1. The minimum Gasteiger partial charge on any atom is -0.347 e. The Morgan fingerprint density at radius 2 is 1.85 bits per heavy atom. The van der Waals surface area contributed by atoms with E-state index in [1.807, 2.05) is 31.2 Å². The maximum absolute atomic E-state index is 13.0. The van der Waals surface area contributed by atoms with E-state index in [0.29, 0.717) is 23.7 Å². The average Bonchev–Trinajstić information content (AvgIpc) is 2.90. The van der Waals surface area contributed by atoms with E-state index < -0.39 is 0 Å². The van der Waals surface area contributed by atoms with Crippen LogP contribution in [0.3, 0.4) is 0 Å². The van der Waals surface area contributed by atoms with Gasteiger partial charge in [-0.1, -0.05) is 53.3 Å². The van der Waals surface area contributed by atoms with Gasteiger partial charge < -0.3 is 5.32 Å². The molecule has 3 aromatic rings. The first-order chi connectivity index (χ1) is 12.4. The fourth-order valence-corrected chi connectivity index (χ4v) is 3.64. The number of aryl methyl sites for hydroxylation is 1. The van der Waals surface area contributed by atoms with Crippen molar-refractivity contribution in [3.63, 3.8) is 0 Å². The smallest absolute Gasteiger partial charge is 0.308 e. The molecule has 2 aromatic carbocycles. The fourth-order valence-electron chi connectivity index (χ4n) is 2.73. The lowest BCUT2D eigenvalue weighted by Crippen LogP contribution is -2.23. The third kappa shape index (κ3) is 4.08. The molecule has 0 saturated carbocycles. The molecule has 0 aliphatic heterocycles. The van der Waals surface area contributed by atoms with E-state index >= 15 is 0 Å². The van der Waals surface area contributed by atoms with Crippen molar-refractivity contribution in [2.45, 2.75) is 26.9 Å². The summed E-state index contributed by atoms with van der Waals surface area (Å²) in [5.41, 5.74) is 3.56. The molecule has 4 nitrogen and oxygen atoms in total. The molecular formula is C20H19FN2O2S. The summed E-state index contributed by atoms with van der Waals surface area (Å²) in [5.74, 6) is -0.580. The second-order valence-electron chi connectivity index (χ2n) is 6.17. The molecule has 134 valence electrons. The molecule has 6 heteroatoms. The molecule has 1 heterocycles. The second-order valence-corrected chi connectivity index (χ2v) is 7.13. The molecule has 0 fully saturated rings. The molecule has 0 aliphatic carbocycles. The number of benzene rings is 2. The maximum atomic E-state index is 13.0. The van der Waals surface area contributed by atoms with Crippen LogP contribution in [-0.4, -0.2) is 10.5 Å². The fraction of sp³-hybridized carbons (Fsp3) is 0.200. The van der Waals surface area contributed by atoms with Crippen LogP contribution in [0, 0.1) is 19.7 Å². The second kappa shape index (κ2) is 7.66. The predicted octanol–water partition coefficient (Wildman–Crippen LogP) is 3.64. The van der Waals surface area contributed by atoms with Crippen LogP contribution < -0.4 is 10.2 Å². The van der Waals surface area contributed by atoms with Crippen LogP contribution in [0.5, 0.6) is 0 Å². The third-order valence-electron chi connectivity index (χ3n) is 4.14. The Kier molecular flexibility index (Phi) is 5.32. The van der Waals surface area contributed by atoms with E-state index in [0.717, 1.165) is 28.0 Å². The van der Waals surface area contributed by atoms with Gasteiger partial charge in [0.2, 0.25) is 0 Å². The van der Waals surface area contributed by atoms with Gasteiger partial charge in [-0.3, -0.25) is 14.2 Å². The molecule has 0 saturated heterocycles. The first-order valence-electron chi connectivity index (χ1n) is 8.22. The van der Waals surface area contributed by atoms with Gasteiger partial charge in [-0.2, -0.15) is 0 Å². The summed E-state index contributed by atoms with van der Waals surface area (Å²) >= 11 is 0.931. The number of carbonyl (C=O) groups excluding carboxylic acids is 1. The van der Waals surface area contributed by atoms with Gasteiger partial charge in [0.25, 0.3) is 5.91 Å². The number of nitrogens with one attached hydrogen (secondary N) is 1. The van der Waals surface area contributed by atoms with Crippen LogP contribution in [0.2, 0.25) is 0 Å². The number of rotatable bonds is 5. The van der Waals surface area contributed by atoms with Gasteiger partial charge in [0, 0.05) is 12.2 Å². The standard InChI is InChI=1S/C20H19FN2O2S/c1-13-4-3-5-16(10-13)11-22-19(24)18-14(2)23(20(25)26-18)12-15-6-8-17(21)9-7-15/h3-10H,11-12H2,1-2H3,(H,22,24). The lowest BCUT2D eigenvalue weighted by atomic mass is 10.1. The minimum atomic E-state index is -0.320. The average molecular weight is 370 g/mol. The molecule has 0 atom stereocenters. The highest BCUT2D eigenvalue weighted by atomic mass is 32.1. The van der Waals surface area contributed by atoms with E-state index in [1.165, 1.54) is 12.1 Å². The molecule has 0 bridgehead atoms. The van der Waals surface area contributed by atoms with Crippen molar-refractivity contribution < 1.29 is 9.18 Å². The Hall–Kier alpha value is -2.73. The molecule has 0 radical (unpaired) electrons. The number of aromatic nitrogens is 1. The Labute approximate surface area is 154 Å². The third-order valence-corrected chi connectivity index (χ3v) is 5.22. The number of thiazole rings is 1. The summed E-state index contributed by atoms with van der Waals surface area (Å²) in [6.45, 7) is 4.47. The first kappa shape index (κ1) is 18.1. The van der Waals surface area contributed by atoms with Crippen molar-refractivity contribution in [3.8, 4) is 0 Å². The van der Waals surface area contributed by atoms with Crippen LogP contribution in [0.1, 0.15) is 32.1 Å². The van der Waals surface area contributed by atoms with E-state index in [9.17, 15) is 14.0 Å². The SMILES string of the molecule is Cc1cccc(CNC(=O)c2sc(=O)n(Cc3ccc(F)cc3)c2C)c1. The Morgan fingerprint density at radius 3 is 2.54 bits per heavy atom. The maximum Gasteiger partial charge on any atom is 0.308 e. The van der Waals surface area contributed by atoms with E-state index in [1.54, 1.807) is 23.6 Å². The van der Waals surface area contributed by atoms with Crippen LogP contribution in [-0.2, 0) is 13.1 Å². The van der Waals surface area contributed by atoms with Crippen LogP contribution >= 0.6 is 11.3 Å². The molecular weight excluding hydrogens is 351 g/mol. The van der Waals surface area contributed by atoms with Crippen molar-refractivity contribution in [3.05, 3.63) is 91.3 Å². The van der Waals surface area contributed by atoms with Gasteiger partial charge in [0.05, 0.1) is 6.54 Å². The van der Waals surface area contributed by atoms with Gasteiger partial charge in [0.15, 0.2) is 0 Å². The van der Waals surface area contributed by atoms with E-state index in [2.05, 4.69) is 5.32 Å². The van der Waals surface area contributed by atoms with Gasteiger partial charge >= 0.3 is 4.87 Å². The van der Waals surface area contributed by atoms with Crippen molar-refractivity contribution in [1.82, 2.24) is 9.88 Å². The molecule has 3 rings (SSSR count). The first-order valence-corrected chi connectivity index (χ1v) is 9.04. The van der Waals surface area contributed by atoms with Crippen molar-refractivity contribution in [1.29, 1.82) is 0 Å². The normalized spacial score (nSPS) is 10.7. The van der Waals surface area contributed by atoms with Crippen molar-refractivity contribution in [2.24, 2.45) is 0 Å². The summed E-state index contributed by atoms with van der Waals surface area (Å²) in [5, 5.41) is 2.86. The molecule has 1 aromatic heterocycles. The lowest BCUT2D eigenvalue weighted by Gasteiger charge is -2.07. The Balaban J connectivity index is 1.75. The number of amides is 1. The zero-order chi connectivity index (χ0) is 18.7. The summed E-state index contributed by atoms with van der Waals surface area (Å²) < 4.78 is 14.6. The monoisotopic (exact) mass is 370 g/mol. The molecule has 0 unspecified atom stereocenters. The Morgan fingerprint density at radius 1 is 1.12 bits per heavy atom. The van der Waals surface area contributed by atoms with E-state index in [4.69, 9.17) is 0 Å². The molecule has 26 heavy (non-hydrogen) atoms. The lowest BCUT2D eigenvalue weighted by molar-refractivity contribution is 0.0954. The highest BCUT2D eigenvalue weighted by molar-refractivity contribution is 7.11.